The lowest BCUT2D eigenvalue weighted by atomic mass is 9.98. The fourth-order valence-corrected chi connectivity index (χ4v) is 3.16. The van der Waals surface area contributed by atoms with E-state index >= 15 is 0 Å². The molecule has 1 unspecified atom stereocenters. The fourth-order valence-electron chi connectivity index (χ4n) is 3.16. The summed E-state index contributed by atoms with van der Waals surface area (Å²) in [5.74, 6) is -0.561. The molecule has 2 aromatic rings. The Bertz CT molecular complexity index is 873. The summed E-state index contributed by atoms with van der Waals surface area (Å²) in [6, 6.07) is 0. The third-order valence-corrected chi connectivity index (χ3v) is 4.45. The maximum atomic E-state index is 12.5. The van der Waals surface area contributed by atoms with E-state index in [1.165, 1.54) is 6.33 Å². The molecule has 3 rings (SSSR count). The number of piperidine rings is 1. The number of hydrogen-bond acceptors (Lipinski definition) is 7. The molecular formula is C16H22N6O4. The number of carbonyl (C=O) groups excluding carboxylic acids is 2. The Hall–Kier alpha value is -2.91. The zero-order valence-corrected chi connectivity index (χ0v) is 14.6. The summed E-state index contributed by atoms with van der Waals surface area (Å²) in [7, 11) is 0. The van der Waals surface area contributed by atoms with Crippen molar-refractivity contribution in [2.45, 2.75) is 32.7 Å². The molecule has 0 bridgehead atoms. The first kappa shape index (κ1) is 17.9. The molecule has 0 radical (unpaired) electrons. The van der Waals surface area contributed by atoms with Gasteiger partial charge in [0.15, 0.2) is 11.2 Å². The van der Waals surface area contributed by atoms with Gasteiger partial charge in [-0.2, -0.15) is 4.98 Å². The van der Waals surface area contributed by atoms with Gasteiger partial charge in [-0.3, -0.25) is 19.4 Å². The van der Waals surface area contributed by atoms with Gasteiger partial charge in [0.25, 0.3) is 5.56 Å². The van der Waals surface area contributed by atoms with Gasteiger partial charge >= 0.3 is 5.97 Å². The van der Waals surface area contributed by atoms with E-state index in [1.54, 1.807) is 16.4 Å². The zero-order chi connectivity index (χ0) is 18.7. The Morgan fingerprint density at radius 2 is 2.27 bits per heavy atom. The highest BCUT2D eigenvalue weighted by atomic mass is 16.5. The summed E-state index contributed by atoms with van der Waals surface area (Å²) in [5, 5.41) is 0. The van der Waals surface area contributed by atoms with Crippen molar-refractivity contribution in [1.29, 1.82) is 0 Å². The average Bonchev–Trinajstić information content (AvgIpc) is 3.03. The summed E-state index contributed by atoms with van der Waals surface area (Å²) in [4.78, 5) is 48.4. The SMILES string of the molecule is CCOC(=O)C1CCCN(C(=O)CCn2cnc3c(=O)[nH]c(N)nc32)C1. The quantitative estimate of drug-likeness (QED) is 0.708. The van der Waals surface area contributed by atoms with E-state index in [9.17, 15) is 14.4 Å². The minimum atomic E-state index is -0.411. The number of nitrogens with two attached hydrogens (primary N) is 1. The third kappa shape index (κ3) is 3.68. The van der Waals surface area contributed by atoms with Crippen molar-refractivity contribution in [3.8, 4) is 0 Å². The molecule has 140 valence electrons. The molecule has 1 atom stereocenters. The standard InChI is InChI=1S/C16H22N6O4/c1-2-26-15(25)10-4-3-6-21(8-10)11(23)5-7-22-9-18-12-13(22)19-16(17)20-14(12)24/h9-10H,2-8H2,1H3,(H3,17,19,20,24). The molecule has 1 aliphatic heterocycles. The Balaban J connectivity index is 1.64. The molecule has 1 saturated heterocycles. The van der Waals surface area contributed by atoms with Crippen LogP contribution in [0.2, 0.25) is 0 Å². The number of imidazole rings is 1. The number of nitrogens with zero attached hydrogens (tertiary/aromatic N) is 4. The molecule has 1 amide bonds. The molecular weight excluding hydrogens is 340 g/mol. The molecule has 0 saturated carbocycles. The topological polar surface area (TPSA) is 136 Å². The maximum Gasteiger partial charge on any atom is 0.310 e. The highest BCUT2D eigenvalue weighted by Gasteiger charge is 2.29. The Morgan fingerprint density at radius 1 is 1.46 bits per heavy atom. The number of aromatic amines is 1. The van der Waals surface area contributed by atoms with Crippen LogP contribution in [0.4, 0.5) is 5.95 Å². The first-order valence-electron chi connectivity index (χ1n) is 8.64. The lowest BCUT2D eigenvalue weighted by Crippen LogP contribution is -2.43. The Labute approximate surface area is 149 Å². The number of carbonyl (C=O) groups is 2. The number of aromatic nitrogens is 4. The van der Waals surface area contributed by atoms with Gasteiger partial charge in [-0.05, 0) is 19.8 Å². The van der Waals surface area contributed by atoms with Gasteiger partial charge < -0.3 is 19.9 Å². The molecule has 0 spiro atoms. The Morgan fingerprint density at radius 3 is 3.04 bits per heavy atom. The molecule has 3 N–H and O–H groups in total. The van der Waals surface area contributed by atoms with E-state index in [1.807, 2.05) is 0 Å². The highest BCUT2D eigenvalue weighted by molar-refractivity contribution is 5.79. The van der Waals surface area contributed by atoms with Crippen molar-refractivity contribution in [2.75, 3.05) is 25.4 Å². The van der Waals surface area contributed by atoms with Gasteiger partial charge in [-0.25, -0.2) is 4.98 Å². The molecule has 1 aliphatic rings. The van der Waals surface area contributed by atoms with E-state index in [-0.39, 0.29) is 35.7 Å². The Kier molecular flexibility index (Phi) is 5.19. The van der Waals surface area contributed by atoms with Crippen LogP contribution in [0.15, 0.2) is 11.1 Å². The third-order valence-electron chi connectivity index (χ3n) is 4.45. The smallest absolute Gasteiger partial charge is 0.310 e. The van der Waals surface area contributed by atoms with E-state index in [4.69, 9.17) is 10.5 Å². The number of fused-ring (bicyclic) bond motifs is 1. The summed E-state index contributed by atoms with van der Waals surface area (Å²) in [5.41, 5.74) is 5.69. The van der Waals surface area contributed by atoms with Gasteiger partial charge in [0.1, 0.15) is 0 Å². The van der Waals surface area contributed by atoms with Crippen molar-refractivity contribution in [3.63, 3.8) is 0 Å². The lowest BCUT2D eigenvalue weighted by Gasteiger charge is -2.31. The number of H-pyrrole nitrogens is 1. The number of anilines is 1. The predicted molar refractivity (Wildman–Crippen MR) is 93.1 cm³/mol. The molecule has 2 aromatic heterocycles. The normalized spacial score (nSPS) is 17.4. The first-order chi connectivity index (χ1) is 12.5. The van der Waals surface area contributed by atoms with Crippen LogP contribution in [0.1, 0.15) is 26.2 Å². The van der Waals surface area contributed by atoms with Crippen molar-refractivity contribution in [1.82, 2.24) is 24.4 Å². The summed E-state index contributed by atoms with van der Waals surface area (Å²) in [6.07, 6.45) is 3.20. The number of nitrogens with one attached hydrogen (secondary N) is 1. The molecule has 10 heteroatoms. The van der Waals surface area contributed by atoms with Gasteiger partial charge in [-0.1, -0.05) is 0 Å². The monoisotopic (exact) mass is 362 g/mol. The van der Waals surface area contributed by atoms with Crippen molar-refractivity contribution in [3.05, 3.63) is 16.7 Å². The van der Waals surface area contributed by atoms with Crippen LogP contribution in [-0.2, 0) is 20.9 Å². The fraction of sp³-hybridized carbons (Fsp3) is 0.562. The predicted octanol–water partition coefficient (Wildman–Crippen LogP) is -0.106. The first-order valence-corrected chi connectivity index (χ1v) is 8.64. The zero-order valence-electron chi connectivity index (χ0n) is 14.6. The molecule has 3 heterocycles. The minimum Gasteiger partial charge on any atom is -0.466 e. The molecule has 26 heavy (non-hydrogen) atoms. The van der Waals surface area contributed by atoms with Crippen LogP contribution in [0.3, 0.4) is 0 Å². The van der Waals surface area contributed by atoms with E-state index in [0.29, 0.717) is 31.9 Å². The highest BCUT2D eigenvalue weighted by Crippen LogP contribution is 2.19. The van der Waals surface area contributed by atoms with Gasteiger partial charge in [0, 0.05) is 26.1 Å². The van der Waals surface area contributed by atoms with Crippen LogP contribution in [0, 0.1) is 5.92 Å². The average molecular weight is 362 g/mol. The largest absolute Gasteiger partial charge is 0.466 e. The van der Waals surface area contributed by atoms with Crippen molar-refractivity contribution in [2.24, 2.45) is 5.92 Å². The van der Waals surface area contributed by atoms with Crippen LogP contribution in [0.25, 0.3) is 11.2 Å². The van der Waals surface area contributed by atoms with Crippen LogP contribution >= 0.6 is 0 Å². The summed E-state index contributed by atoms with van der Waals surface area (Å²) < 4.78 is 6.69. The second-order valence-corrected chi connectivity index (χ2v) is 6.24. The van der Waals surface area contributed by atoms with E-state index < -0.39 is 5.56 Å². The number of amides is 1. The molecule has 1 fully saturated rings. The van der Waals surface area contributed by atoms with Crippen LogP contribution in [0.5, 0.6) is 0 Å². The number of rotatable bonds is 5. The maximum absolute atomic E-state index is 12.5. The van der Waals surface area contributed by atoms with Gasteiger partial charge in [0.2, 0.25) is 11.9 Å². The minimum absolute atomic E-state index is 0.00360. The second-order valence-electron chi connectivity index (χ2n) is 6.24. The van der Waals surface area contributed by atoms with Gasteiger partial charge in [0.05, 0.1) is 18.9 Å². The lowest BCUT2D eigenvalue weighted by molar-refractivity contribution is -0.151. The van der Waals surface area contributed by atoms with Crippen LogP contribution in [-0.4, -0.2) is 56.0 Å². The number of aryl methyl sites for hydroxylation is 1. The summed E-state index contributed by atoms with van der Waals surface area (Å²) >= 11 is 0. The number of ether oxygens (including phenoxy) is 1. The second kappa shape index (κ2) is 7.54. The number of esters is 1. The number of hydrogen-bond donors (Lipinski definition) is 2. The number of nitrogen functional groups attached to an aromatic ring is 1. The van der Waals surface area contributed by atoms with E-state index in [2.05, 4.69) is 15.0 Å². The molecule has 10 nitrogen and oxygen atoms in total. The van der Waals surface area contributed by atoms with Gasteiger partial charge in [-0.15, -0.1) is 0 Å². The van der Waals surface area contributed by atoms with Crippen molar-refractivity contribution < 1.29 is 14.3 Å². The molecule has 0 aromatic carbocycles. The van der Waals surface area contributed by atoms with Crippen molar-refractivity contribution >= 4 is 29.0 Å². The number of likely N-dealkylation sites (tertiary alicyclic amines) is 1. The summed E-state index contributed by atoms with van der Waals surface area (Å²) in [6.45, 7) is 3.44. The van der Waals surface area contributed by atoms with E-state index in [0.717, 1.165) is 12.8 Å². The van der Waals surface area contributed by atoms with Crippen LogP contribution < -0.4 is 11.3 Å². The molecule has 0 aliphatic carbocycles.